The second kappa shape index (κ2) is 6.91. The van der Waals surface area contributed by atoms with Gasteiger partial charge in [0.1, 0.15) is 0 Å². The summed E-state index contributed by atoms with van der Waals surface area (Å²) in [6.07, 6.45) is 3.85. The quantitative estimate of drug-likeness (QED) is 0.830. The summed E-state index contributed by atoms with van der Waals surface area (Å²) in [7, 11) is 0. The average Bonchev–Trinajstić information content (AvgIpc) is 2.87. The second-order valence-electron chi connectivity index (χ2n) is 5.23. The van der Waals surface area contributed by atoms with Crippen LogP contribution in [0.4, 0.5) is 0 Å². The van der Waals surface area contributed by atoms with Crippen LogP contribution in [0.2, 0.25) is 0 Å². The smallest absolute Gasteiger partial charge is 0.0221 e. The number of likely N-dealkylation sites (tertiary alicyclic amines) is 1. The lowest BCUT2D eigenvalue weighted by Gasteiger charge is -2.23. The van der Waals surface area contributed by atoms with Crippen LogP contribution in [0.5, 0.6) is 0 Å². The standard InChI is InChI=1S/C16H26N2/c1-3-14-7-9-15(10-8-14)12-17-13-16-6-5-11-18(16)4-2/h7-10,16-17H,3-6,11-13H2,1-2H3/t16-/m0/s1. The zero-order valence-corrected chi connectivity index (χ0v) is 11.8. The van der Waals surface area contributed by atoms with Gasteiger partial charge in [0, 0.05) is 19.1 Å². The first-order valence-corrected chi connectivity index (χ1v) is 7.36. The van der Waals surface area contributed by atoms with E-state index in [-0.39, 0.29) is 0 Å². The molecule has 0 bridgehead atoms. The van der Waals surface area contributed by atoms with Gasteiger partial charge < -0.3 is 5.32 Å². The van der Waals surface area contributed by atoms with E-state index in [9.17, 15) is 0 Å². The van der Waals surface area contributed by atoms with Gasteiger partial charge in [-0.25, -0.2) is 0 Å². The molecule has 1 aliphatic heterocycles. The van der Waals surface area contributed by atoms with Crippen molar-refractivity contribution in [2.75, 3.05) is 19.6 Å². The summed E-state index contributed by atoms with van der Waals surface area (Å²) in [5.74, 6) is 0. The molecule has 1 N–H and O–H groups in total. The Kier molecular flexibility index (Phi) is 5.21. The maximum Gasteiger partial charge on any atom is 0.0221 e. The van der Waals surface area contributed by atoms with Gasteiger partial charge in [-0.05, 0) is 43.5 Å². The van der Waals surface area contributed by atoms with Gasteiger partial charge in [-0.1, -0.05) is 38.1 Å². The molecule has 100 valence electrons. The van der Waals surface area contributed by atoms with Crippen molar-refractivity contribution in [1.82, 2.24) is 10.2 Å². The number of likely N-dealkylation sites (N-methyl/N-ethyl adjacent to an activating group) is 1. The Morgan fingerprint density at radius 1 is 1.17 bits per heavy atom. The Bertz CT molecular complexity index is 345. The summed E-state index contributed by atoms with van der Waals surface area (Å²) in [5.41, 5.74) is 2.82. The van der Waals surface area contributed by atoms with Gasteiger partial charge in [0.2, 0.25) is 0 Å². The topological polar surface area (TPSA) is 15.3 Å². The summed E-state index contributed by atoms with van der Waals surface area (Å²) in [5, 5.41) is 3.60. The Morgan fingerprint density at radius 2 is 1.89 bits per heavy atom. The van der Waals surface area contributed by atoms with E-state index in [2.05, 4.69) is 48.3 Å². The third-order valence-electron chi connectivity index (χ3n) is 4.05. The van der Waals surface area contributed by atoms with E-state index in [1.54, 1.807) is 0 Å². The molecule has 2 rings (SSSR count). The lowest BCUT2D eigenvalue weighted by atomic mass is 10.1. The van der Waals surface area contributed by atoms with E-state index in [1.807, 2.05) is 0 Å². The van der Waals surface area contributed by atoms with Gasteiger partial charge in [-0.2, -0.15) is 0 Å². The highest BCUT2D eigenvalue weighted by molar-refractivity contribution is 5.22. The molecule has 1 fully saturated rings. The molecule has 0 spiro atoms. The normalized spacial score (nSPS) is 20.4. The van der Waals surface area contributed by atoms with Crippen molar-refractivity contribution < 1.29 is 0 Å². The zero-order valence-electron chi connectivity index (χ0n) is 11.8. The van der Waals surface area contributed by atoms with Gasteiger partial charge in [-0.15, -0.1) is 0 Å². The molecule has 0 amide bonds. The molecular weight excluding hydrogens is 220 g/mol. The predicted molar refractivity (Wildman–Crippen MR) is 77.8 cm³/mol. The van der Waals surface area contributed by atoms with Crippen molar-refractivity contribution in [3.8, 4) is 0 Å². The van der Waals surface area contributed by atoms with Gasteiger partial charge >= 0.3 is 0 Å². The Hall–Kier alpha value is -0.860. The highest BCUT2D eigenvalue weighted by atomic mass is 15.2. The van der Waals surface area contributed by atoms with Crippen LogP contribution in [-0.2, 0) is 13.0 Å². The van der Waals surface area contributed by atoms with E-state index < -0.39 is 0 Å². The fourth-order valence-corrected chi connectivity index (χ4v) is 2.82. The van der Waals surface area contributed by atoms with Crippen LogP contribution in [0.1, 0.15) is 37.8 Å². The van der Waals surface area contributed by atoms with E-state index >= 15 is 0 Å². The molecule has 1 atom stereocenters. The minimum Gasteiger partial charge on any atom is -0.311 e. The number of benzene rings is 1. The second-order valence-corrected chi connectivity index (χ2v) is 5.23. The van der Waals surface area contributed by atoms with Gasteiger partial charge in [0.15, 0.2) is 0 Å². The van der Waals surface area contributed by atoms with Crippen molar-refractivity contribution in [3.05, 3.63) is 35.4 Å². The van der Waals surface area contributed by atoms with Gasteiger partial charge in [0.25, 0.3) is 0 Å². The van der Waals surface area contributed by atoms with Gasteiger partial charge in [-0.3, -0.25) is 4.90 Å². The first kappa shape index (κ1) is 13.6. The van der Waals surface area contributed by atoms with Crippen LogP contribution in [-0.4, -0.2) is 30.6 Å². The SMILES string of the molecule is CCc1ccc(CNC[C@@H]2CCCN2CC)cc1. The largest absolute Gasteiger partial charge is 0.311 e. The lowest BCUT2D eigenvalue weighted by Crippen LogP contribution is -2.37. The van der Waals surface area contributed by atoms with E-state index in [0.717, 1.165) is 25.6 Å². The number of aryl methyl sites for hydroxylation is 1. The maximum absolute atomic E-state index is 3.60. The molecule has 1 saturated heterocycles. The van der Waals surface area contributed by atoms with Crippen LogP contribution in [0, 0.1) is 0 Å². The van der Waals surface area contributed by atoms with Gasteiger partial charge in [0.05, 0.1) is 0 Å². The van der Waals surface area contributed by atoms with Crippen molar-refractivity contribution in [2.45, 2.75) is 45.7 Å². The first-order chi connectivity index (χ1) is 8.83. The molecule has 0 unspecified atom stereocenters. The number of rotatable bonds is 6. The number of hydrogen-bond donors (Lipinski definition) is 1. The minimum atomic E-state index is 0.755. The van der Waals surface area contributed by atoms with Crippen molar-refractivity contribution in [1.29, 1.82) is 0 Å². The number of nitrogens with one attached hydrogen (secondary N) is 1. The molecule has 2 heteroatoms. The minimum absolute atomic E-state index is 0.755. The predicted octanol–water partition coefficient (Wildman–Crippen LogP) is 2.82. The Morgan fingerprint density at radius 3 is 2.56 bits per heavy atom. The van der Waals surface area contributed by atoms with E-state index in [4.69, 9.17) is 0 Å². The highest BCUT2D eigenvalue weighted by Crippen LogP contribution is 2.15. The number of nitrogens with zero attached hydrogens (tertiary/aromatic N) is 1. The molecule has 1 aromatic carbocycles. The monoisotopic (exact) mass is 246 g/mol. The molecule has 0 radical (unpaired) electrons. The fraction of sp³-hybridized carbons (Fsp3) is 0.625. The van der Waals surface area contributed by atoms with Crippen LogP contribution in [0.3, 0.4) is 0 Å². The van der Waals surface area contributed by atoms with Crippen LogP contribution in [0.15, 0.2) is 24.3 Å². The molecule has 1 heterocycles. The summed E-state index contributed by atoms with van der Waals surface area (Å²) in [4.78, 5) is 2.59. The van der Waals surface area contributed by atoms with Crippen LogP contribution in [0.25, 0.3) is 0 Å². The molecule has 2 nitrogen and oxygen atoms in total. The summed E-state index contributed by atoms with van der Waals surface area (Å²) >= 11 is 0. The molecule has 0 saturated carbocycles. The van der Waals surface area contributed by atoms with Crippen molar-refractivity contribution in [2.24, 2.45) is 0 Å². The first-order valence-electron chi connectivity index (χ1n) is 7.36. The molecule has 1 aliphatic rings. The van der Waals surface area contributed by atoms with Crippen LogP contribution < -0.4 is 5.32 Å². The van der Waals surface area contributed by atoms with Crippen molar-refractivity contribution in [3.63, 3.8) is 0 Å². The molecule has 0 aromatic heterocycles. The van der Waals surface area contributed by atoms with Crippen molar-refractivity contribution >= 4 is 0 Å². The molecular formula is C16H26N2. The zero-order chi connectivity index (χ0) is 12.8. The summed E-state index contributed by atoms with van der Waals surface area (Å²) < 4.78 is 0. The summed E-state index contributed by atoms with van der Waals surface area (Å²) in [6, 6.07) is 9.73. The molecule has 1 aromatic rings. The van der Waals surface area contributed by atoms with Crippen LogP contribution >= 0.6 is 0 Å². The fourth-order valence-electron chi connectivity index (χ4n) is 2.82. The molecule has 18 heavy (non-hydrogen) atoms. The maximum atomic E-state index is 3.60. The summed E-state index contributed by atoms with van der Waals surface area (Å²) in [6.45, 7) is 9.07. The van der Waals surface area contributed by atoms with E-state index in [0.29, 0.717) is 0 Å². The van der Waals surface area contributed by atoms with E-state index in [1.165, 1.54) is 37.1 Å². The molecule has 0 aliphatic carbocycles. The highest BCUT2D eigenvalue weighted by Gasteiger charge is 2.21. The third kappa shape index (κ3) is 3.56. The Balaban J connectivity index is 1.74. The lowest BCUT2D eigenvalue weighted by molar-refractivity contribution is 0.260. The number of hydrogen-bond acceptors (Lipinski definition) is 2. The Labute approximate surface area is 111 Å². The average molecular weight is 246 g/mol. The third-order valence-corrected chi connectivity index (χ3v) is 4.05.